The zero-order valence-corrected chi connectivity index (χ0v) is 29.3. The van der Waals surface area contributed by atoms with Gasteiger partial charge in [-0.3, -0.25) is 19.2 Å². The summed E-state index contributed by atoms with van der Waals surface area (Å²) in [5.41, 5.74) is -0.0971. The lowest BCUT2D eigenvalue weighted by Gasteiger charge is -2.36. The lowest BCUT2D eigenvalue weighted by atomic mass is 9.74. The first-order valence-electron chi connectivity index (χ1n) is 17.2. The number of aliphatic hydroxyl groups excluding tert-OH is 1. The third kappa shape index (κ3) is 6.05. The van der Waals surface area contributed by atoms with Crippen LogP contribution in [0, 0.1) is 11.8 Å². The maximum Gasteiger partial charge on any atom is 0.313 e. The van der Waals surface area contributed by atoms with Crippen molar-refractivity contribution >= 4 is 56.1 Å². The molecule has 7 atom stereocenters. The number of hydrogen-bond donors (Lipinski definition) is 2. The Hall–Kier alpha value is -4.32. The van der Waals surface area contributed by atoms with Crippen LogP contribution in [0.5, 0.6) is 0 Å². The second-order valence-electron chi connectivity index (χ2n) is 13.4. The van der Waals surface area contributed by atoms with Crippen molar-refractivity contribution in [3.8, 4) is 0 Å². The number of cyclic esters (lactones) is 1. The van der Waals surface area contributed by atoms with Gasteiger partial charge in [0.05, 0.1) is 12.0 Å². The van der Waals surface area contributed by atoms with Gasteiger partial charge >= 0.3 is 5.97 Å². The molecule has 50 heavy (non-hydrogen) atoms. The smallest absolute Gasteiger partial charge is 0.313 e. The van der Waals surface area contributed by atoms with Crippen LogP contribution in [0.15, 0.2) is 95.5 Å². The van der Waals surface area contributed by atoms with Crippen molar-refractivity contribution in [2.75, 3.05) is 24.6 Å². The molecule has 4 aliphatic rings. The SMILES string of the molecule is C[C@@H]1NC(=O)CC/C=C\CN(c2ccc3ccccc3c2)C(=O)[C@H]2N(CCCCO)C(=O)[C@@H]3[C@@H](C(=O)O[C@H]1c1ccccc1)[C@@H]1O[C@@]32C=C1Br. The first-order valence-corrected chi connectivity index (χ1v) is 18.0. The van der Waals surface area contributed by atoms with E-state index >= 15 is 4.79 Å². The molecule has 260 valence electrons. The van der Waals surface area contributed by atoms with Gasteiger partial charge in [0.15, 0.2) is 0 Å². The van der Waals surface area contributed by atoms with E-state index in [-0.39, 0.29) is 43.8 Å². The fourth-order valence-corrected chi connectivity index (χ4v) is 8.67. The van der Waals surface area contributed by atoms with Crippen LogP contribution in [0.1, 0.15) is 44.3 Å². The molecule has 0 saturated carbocycles. The van der Waals surface area contributed by atoms with Gasteiger partial charge in [-0.05, 0) is 60.7 Å². The Kier molecular flexibility index (Phi) is 9.65. The fraction of sp³-hybridized carbons (Fsp3) is 0.385. The van der Waals surface area contributed by atoms with Crippen molar-refractivity contribution in [2.24, 2.45) is 11.8 Å². The van der Waals surface area contributed by atoms with Crippen LogP contribution in [0.3, 0.4) is 0 Å². The number of carbonyl (C=O) groups is 4. The summed E-state index contributed by atoms with van der Waals surface area (Å²) in [5.74, 6) is -3.62. The van der Waals surface area contributed by atoms with Crippen molar-refractivity contribution in [3.63, 3.8) is 0 Å². The zero-order chi connectivity index (χ0) is 35.0. The van der Waals surface area contributed by atoms with E-state index < -0.39 is 47.7 Å². The number of anilines is 1. The quantitative estimate of drug-likeness (QED) is 0.208. The molecule has 0 unspecified atom stereocenters. The zero-order valence-electron chi connectivity index (χ0n) is 27.7. The molecule has 10 nitrogen and oxygen atoms in total. The van der Waals surface area contributed by atoms with E-state index in [0.717, 1.165) is 10.8 Å². The number of likely N-dealkylation sites (tertiary alicyclic amines) is 1. The molecule has 0 radical (unpaired) electrons. The molecular formula is C39H40BrN3O7. The summed E-state index contributed by atoms with van der Waals surface area (Å²) in [7, 11) is 0. The lowest BCUT2D eigenvalue weighted by Crippen LogP contribution is -2.56. The number of benzene rings is 3. The van der Waals surface area contributed by atoms with Crippen LogP contribution in [-0.2, 0) is 28.7 Å². The maximum atomic E-state index is 15.1. The number of esters is 1. The van der Waals surface area contributed by atoms with Crippen LogP contribution in [-0.4, -0.2) is 77.2 Å². The van der Waals surface area contributed by atoms with E-state index in [1.807, 2.05) is 84.9 Å². The number of ether oxygens (including phenoxy) is 2. The number of unbranched alkanes of at least 4 members (excludes halogenated alkanes) is 1. The largest absolute Gasteiger partial charge is 0.455 e. The molecule has 7 rings (SSSR count). The van der Waals surface area contributed by atoms with Crippen LogP contribution < -0.4 is 10.2 Å². The van der Waals surface area contributed by atoms with Crippen LogP contribution in [0.4, 0.5) is 5.69 Å². The highest BCUT2D eigenvalue weighted by atomic mass is 79.9. The first-order chi connectivity index (χ1) is 24.2. The van der Waals surface area contributed by atoms with Crippen LogP contribution >= 0.6 is 15.9 Å². The molecular weight excluding hydrogens is 702 g/mol. The monoisotopic (exact) mass is 741 g/mol. The highest BCUT2D eigenvalue weighted by Crippen LogP contribution is 2.59. The molecule has 3 amide bonds. The Morgan fingerprint density at radius 3 is 2.46 bits per heavy atom. The van der Waals surface area contributed by atoms with E-state index in [2.05, 4.69) is 21.2 Å². The Balaban J connectivity index is 1.34. The molecule has 2 saturated heterocycles. The van der Waals surface area contributed by atoms with Crippen molar-refractivity contribution in [3.05, 3.63) is 101 Å². The minimum Gasteiger partial charge on any atom is -0.455 e. The Bertz CT molecular complexity index is 1860. The third-order valence-electron chi connectivity index (χ3n) is 10.3. The number of fused-ring (bicyclic) bond motifs is 3. The molecule has 11 heteroatoms. The van der Waals surface area contributed by atoms with Crippen molar-refractivity contribution < 1.29 is 33.8 Å². The lowest BCUT2D eigenvalue weighted by molar-refractivity contribution is -0.161. The average Bonchev–Trinajstić information content (AvgIpc) is 3.71. The van der Waals surface area contributed by atoms with Gasteiger partial charge in [0.25, 0.3) is 5.91 Å². The molecule has 5 bridgehead atoms. The van der Waals surface area contributed by atoms with E-state index in [4.69, 9.17) is 9.47 Å². The van der Waals surface area contributed by atoms with Crippen LogP contribution in [0.2, 0.25) is 0 Å². The number of carbonyl (C=O) groups excluding carboxylic acids is 4. The van der Waals surface area contributed by atoms with Crippen molar-refractivity contribution in [1.29, 1.82) is 0 Å². The van der Waals surface area contributed by atoms with Gasteiger partial charge in [-0.1, -0.05) is 88.7 Å². The minimum absolute atomic E-state index is 0.0577. The minimum atomic E-state index is -1.44. The summed E-state index contributed by atoms with van der Waals surface area (Å²) >= 11 is 3.62. The number of nitrogens with zero attached hydrogens (tertiary/aromatic N) is 2. The van der Waals surface area contributed by atoms with E-state index in [0.29, 0.717) is 35.0 Å². The molecule has 0 aliphatic carbocycles. The second-order valence-corrected chi connectivity index (χ2v) is 14.3. The number of amides is 3. The van der Waals surface area contributed by atoms with Gasteiger partial charge in [0, 0.05) is 36.3 Å². The molecule has 1 spiro atoms. The van der Waals surface area contributed by atoms with Crippen molar-refractivity contribution in [2.45, 2.75) is 62.5 Å². The summed E-state index contributed by atoms with van der Waals surface area (Å²) in [6.45, 7) is 2.12. The molecule has 4 aliphatic heterocycles. The van der Waals surface area contributed by atoms with E-state index in [9.17, 15) is 19.5 Å². The second kappa shape index (κ2) is 14.1. The summed E-state index contributed by atoms with van der Waals surface area (Å²) in [6, 6.07) is 21.2. The molecule has 3 aromatic carbocycles. The Morgan fingerprint density at radius 2 is 1.68 bits per heavy atom. The predicted octanol–water partition coefficient (Wildman–Crippen LogP) is 4.96. The highest BCUT2D eigenvalue weighted by molar-refractivity contribution is 9.11. The molecule has 0 aromatic heterocycles. The molecule has 3 aromatic rings. The summed E-state index contributed by atoms with van der Waals surface area (Å²) in [6.07, 6.45) is 5.40. The van der Waals surface area contributed by atoms with Gasteiger partial charge in [0.1, 0.15) is 29.8 Å². The predicted molar refractivity (Wildman–Crippen MR) is 191 cm³/mol. The number of aliphatic hydroxyl groups is 1. The fourth-order valence-electron chi connectivity index (χ4n) is 7.93. The number of nitrogens with one attached hydrogen (secondary N) is 1. The highest BCUT2D eigenvalue weighted by Gasteiger charge is 2.75. The topological polar surface area (TPSA) is 125 Å². The normalized spacial score (nSPS) is 30.7. The van der Waals surface area contributed by atoms with Gasteiger partial charge in [0.2, 0.25) is 11.8 Å². The first kappa shape index (κ1) is 34.1. The molecule has 2 fully saturated rings. The number of hydrogen-bond acceptors (Lipinski definition) is 7. The molecule has 4 heterocycles. The number of halogens is 1. The summed E-state index contributed by atoms with van der Waals surface area (Å²) in [4.78, 5) is 60.3. The van der Waals surface area contributed by atoms with Gasteiger partial charge in [-0.25, -0.2) is 0 Å². The standard InChI is InChI=1S/C39H40BrN3O7/c1-24-33(26-13-4-2-5-14-26)49-38(48)31-32-36(46)43(20-10-11-21-44)35(39(32)23-29(40)34(31)50-39)37(47)42(19-9-3-6-16-30(45)41-24)28-18-17-25-12-7-8-15-27(25)22-28/h2-5,7-9,12-15,17-18,22-24,31-35,44H,6,10-11,16,19-21H2,1H3,(H,41,45)/b9-3-/t24-,31+,32-,33+,34+,35+,39-/m0/s1. The summed E-state index contributed by atoms with van der Waals surface area (Å²) in [5, 5.41) is 14.6. The van der Waals surface area contributed by atoms with E-state index in [1.54, 1.807) is 22.8 Å². The summed E-state index contributed by atoms with van der Waals surface area (Å²) < 4.78 is 13.5. The Morgan fingerprint density at radius 1 is 0.920 bits per heavy atom. The van der Waals surface area contributed by atoms with Gasteiger partial charge < -0.3 is 29.7 Å². The Labute approximate surface area is 299 Å². The average molecular weight is 743 g/mol. The maximum absolute atomic E-state index is 15.1. The number of allylic oxidation sites excluding steroid dienone is 1. The van der Waals surface area contributed by atoms with Crippen LogP contribution in [0.25, 0.3) is 10.8 Å². The van der Waals surface area contributed by atoms with Gasteiger partial charge in [-0.15, -0.1) is 0 Å². The van der Waals surface area contributed by atoms with Gasteiger partial charge in [-0.2, -0.15) is 0 Å². The van der Waals surface area contributed by atoms with E-state index in [1.165, 1.54) is 0 Å². The number of rotatable bonds is 6. The third-order valence-corrected chi connectivity index (χ3v) is 10.9. The molecule has 2 N–H and O–H groups in total. The van der Waals surface area contributed by atoms with Crippen molar-refractivity contribution in [1.82, 2.24) is 10.2 Å².